The van der Waals surface area contributed by atoms with E-state index in [2.05, 4.69) is 17.9 Å². The molecule has 2 aromatic carbocycles. The Hall–Kier alpha value is -3.06. The van der Waals surface area contributed by atoms with Gasteiger partial charge in [-0.05, 0) is 50.2 Å². The number of benzene rings is 2. The van der Waals surface area contributed by atoms with E-state index in [1.807, 2.05) is 18.2 Å². The summed E-state index contributed by atoms with van der Waals surface area (Å²) in [5.74, 6) is 1.32. The number of nitrogens with zero attached hydrogens (tertiary/aromatic N) is 2. The predicted molar refractivity (Wildman–Crippen MR) is 129 cm³/mol. The van der Waals surface area contributed by atoms with E-state index in [0.717, 1.165) is 44.6 Å². The summed E-state index contributed by atoms with van der Waals surface area (Å²) in [6.45, 7) is 6.67. The summed E-state index contributed by atoms with van der Waals surface area (Å²) in [6, 6.07) is 13.0. The number of para-hydroxylation sites is 1. The molecule has 0 aromatic heterocycles. The van der Waals surface area contributed by atoms with Gasteiger partial charge in [0.25, 0.3) is 5.91 Å². The van der Waals surface area contributed by atoms with Gasteiger partial charge in [0.15, 0.2) is 11.5 Å². The molecule has 2 rings (SSSR count). The lowest BCUT2D eigenvalue weighted by atomic mass is 10.1. The highest BCUT2D eigenvalue weighted by molar-refractivity contribution is 6.04. The zero-order valence-corrected chi connectivity index (χ0v) is 20.4. The van der Waals surface area contributed by atoms with E-state index in [1.54, 1.807) is 25.3 Å². The Morgan fingerprint density at radius 3 is 2.12 bits per heavy atom. The average molecular weight is 457 g/mol. The number of imide groups is 1. The first-order valence-electron chi connectivity index (χ1n) is 11.3. The lowest BCUT2D eigenvalue weighted by Gasteiger charge is -2.22. The van der Waals surface area contributed by atoms with E-state index in [0.29, 0.717) is 23.6 Å². The number of carbonyl (C=O) groups is 2. The first kappa shape index (κ1) is 26.2. The van der Waals surface area contributed by atoms with Crippen molar-refractivity contribution in [2.24, 2.45) is 0 Å². The number of hydrogen-bond acceptors (Lipinski definition) is 6. The van der Waals surface area contributed by atoms with Crippen LogP contribution in [0.1, 0.15) is 49.0 Å². The zero-order chi connectivity index (χ0) is 24.2. The first-order valence-corrected chi connectivity index (χ1v) is 11.3. The Balaban J connectivity index is 1.87. The number of rotatable bonds is 13. The van der Waals surface area contributed by atoms with Crippen LogP contribution in [0.2, 0.25) is 0 Å². The second kappa shape index (κ2) is 13.5. The van der Waals surface area contributed by atoms with E-state index in [9.17, 15) is 9.59 Å². The molecular weight excluding hydrogens is 420 g/mol. The van der Waals surface area contributed by atoms with E-state index >= 15 is 0 Å². The van der Waals surface area contributed by atoms with Crippen LogP contribution in [0.15, 0.2) is 42.5 Å². The predicted octanol–water partition coefficient (Wildman–Crippen LogP) is 4.39. The van der Waals surface area contributed by atoms with E-state index in [-0.39, 0.29) is 11.8 Å². The number of methoxy groups -OCH3 is 3. The molecule has 0 saturated heterocycles. The largest absolute Gasteiger partial charge is 0.496 e. The summed E-state index contributed by atoms with van der Waals surface area (Å²) in [4.78, 5) is 28.7. The average Bonchev–Trinajstić information content (AvgIpc) is 2.84. The van der Waals surface area contributed by atoms with E-state index < -0.39 is 0 Å². The number of unbranched alkanes of at least 4 members (excludes halogenated alkanes) is 2. The standard InChI is InChI=1S/C26H36N2O5/c1-6-27(19-22-12-8-9-13-23(22)31-3)16-10-7-11-17-28(20(2)29)26(30)21-14-15-24(32-4)25(18-21)33-5/h8-9,12-15,18H,6-7,10-11,16-17,19H2,1-5H3. The highest BCUT2D eigenvalue weighted by Gasteiger charge is 2.21. The highest BCUT2D eigenvalue weighted by Crippen LogP contribution is 2.28. The molecule has 2 amide bonds. The molecule has 0 fully saturated rings. The molecule has 180 valence electrons. The van der Waals surface area contributed by atoms with Gasteiger partial charge in [0, 0.05) is 31.1 Å². The van der Waals surface area contributed by atoms with Gasteiger partial charge in [0.05, 0.1) is 21.3 Å². The van der Waals surface area contributed by atoms with Crippen molar-refractivity contribution in [1.82, 2.24) is 9.80 Å². The Morgan fingerprint density at radius 1 is 0.818 bits per heavy atom. The minimum Gasteiger partial charge on any atom is -0.496 e. The quantitative estimate of drug-likeness (QED) is 0.416. The van der Waals surface area contributed by atoms with E-state index in [4.69, 9.17) is 14.2 Å². The van der Waals surface area contributed by atoms with E-state index in [1.165, 1.54) is 31.6 Å². The highest BCUT2D eigenvalue weighted by atomic mass is 16.5. The Bertz CT molecular complexity index is 915. The molecule has 0 saturated carbocycles. The molecule has 2 aromatic rings. The second-order valence-electron chi connectivity index (χ2n) is 7.79. The summed E-state index contributed by atoms with van der Waals surface area (Å²) in [5, 5.41) is 0. The lowest BCUT2D eigenvalue weighted by molar-refractivity contribution is -0.126. The smallest absolute Gasteiger partial charge is 0.260 e. The Kier molecular flexibility index (Phi) is 10.7. The fraction of sp³-hybridized carbons (Fsp3) is 0.462. The molecule has 0 atom stereocenters. The van der Waals surface area contributed by atoms with Crippen molar-refractivity contribution >= 4 is 11.8 Å². The molecule has 33 heavy (non-hydrogen) atoms. The summed E-state index contributed by atoms with van der Waals surface area (Å²) in [7, 11) is 4.75. The van der Waals surface area contributed by atoms with Crippen LogP contribution < -0.4 is 14.2 Å². The van der Waals surface area contributed by atoms with Crippen molar-refractivity contribution in [2.75, 3.05) is 41.0 Å². The normalized spacial score (nSPS) is 10.7. The van der Waals surface area contributed by atoms with Gasteiger partial charge in [-0.15, -0.1) is 0 Å². The molecule has 7 heteroatoms. The maximum Gasteiger partial charge on any atom is 0.260 e. The molecule has 0 spiro atoms. The van der Waals surface area contributed by atoms with Gasteiger partial charge < -0.3 is 14.2 Å². The van der Waals surface area contributed by atoms with Gasteiger partial charge in [-0.3, -0.25) is 19.4 Å². The van der Waals surface area contributed by atoms with Crippen LogP contribution >= 0.6 is 0 Å². The summed E-state index contributed by atoms with van der Waals surface area (Å²) < 4.78 is 16.0. The van der Waals surface area contributed by atoms with Crippen LogP contribution in [0.5, 0.6) is 17.2 Å². The molecule has 0 heterocycles. The molecular formula is C26H36N2O5. The topological polar surface area (TPSA) is 68.3 Å². The Labute approximate surface area is 197 Å². The van der Waals surface area contributed by atoms with Crippen molar-refractivity contribution in [1.29, 1.82) is 0 Å². The third kappa shape index (κ3) is 7.49. The zero-order valence-electron chi connectivity index (χ0n) is 20.4. The van der Waals surface area contributed by atoms with Gasteiger partial charge in [0.1, 0.15) is 5.75 Å². The first-order chi connectivity index (χ1) is 15.9. The SMILES string of the molecule is CCN(CCCCCN(C(C)=O)C(=O)c1ccc(OC)c(OC)c1)Cc1ccccc1OC. The Morgan fingerprint density at radius 2 is 1.48 bits per heavy atom. The fourth-order valence-electron chi connectivity index (χ4n) is 3.73. The van der Waals surface area contributed by atoms with Gasteiger partial charge >= 0.3 is 0 Å². The minimum atomic E-state index is -0.324. The number of amides is 2. The van der Waals surface area contributed by atoms with Gasteiger partial charge in [-0.1, -0.05) is 31.5 Å². The molecule has 0 aliphatic heterocycles. The van der Waals surface area contributed by atoms with Crippen LogP contribution in [0, 0.1) is 0 Å². The third-order valence-corrected chi connectivity index (χ3v) is 5.65. The van der Waals surface area contributed by atoms with Crippen molar-refractivity contribution in [2.45, 2.75) is 39.7 Å². The van der Waals surface area contributed by atoms with Crippen LogP contribution in [-0.2, 0) is 11.3 Å². The number of ether oxygens (including phenoxy) is 3. The van der Waals surface area contributed by atoms with Crippen LogP contribution in [-0.4, -0.2) is 62.6 Å². The summed E-state index contributed by atoms with van der Waals surface area (Å²) >= 11 is 0. The fourth-order valence-corrected chi connectivity index (χ4v) is 3.73. The van der Waals surface area contributed by atoms with Crippen LogP contribution in [0.25, 0.3) is 0 Å². The molecule has 7 nitrogen and oxygen atoms in total. The van der Waals surface area contributed by atoms with Gasteiger partial charge in [-0.25, -0.2) is 0 Å². The number of carbonyl (C=O) groups excluding carboxylic acids is 2. The van der Waals surface area contributed by atoms with Crippen molar-refractivity contribution in [3.05, 3.63) is 53.6 Å². The second-order valence-corrected chi connectivity index (χ2v) is 7.79. The summed E-state index contributed by atoms with van der Waals surface area (Å²) in [5.41, 5.74) is 1.57. The van der Waals surface area contributed by atoms with Crippen molar-refractivity contribution in [3.63, 3.8) is 0 Å². The van der Waals surface area contributed by atoms with Crippen LogP contribution in [0.4, 0.5) is 0 Å². The maximum atomic E-state index is 12.9. The van der Waals surface area contributed by atoms with Gasteiger partial charge in [0.2, 0.25) is 5.91 Å². The third-order valence-electron chi connectivity index (χ3n) is 5.65. The molecule has 0 aliphatic rings. The van der Waals surface area contributed by atoms with Crippen LogP contribution in [0.3, 0.4) is 0 Å². The number of hydrogen-bond donors (Lipinski definition) is 0. The molecule has 0 aliphatic carbocycles. The monoisotopic (exact) mass is 456 g/mol. The van der Waals surface area contributed by atoms with Gasteiger partial charge in [-0.2, -0.15) is 0 Å². The molecule has 0 bridgehead atoms. The maximum absolute atomic E-state index is 12.9. The van der Waals surface area contributed by atoms with Crippen molar-refractivity contribution < 1.29 is 23.8 Å². The lowest BCUT2D eigenvalue weighted by Crippen LogP contribution is -2.36. The van der Waals surface area contributed by atoms with Crippen molar-refractivity contribution in [3.8, 4) is 17.2 Å². The molecule has 0 radical (unpaired) electrons. The molecule has 0 N–H and O–H groups in total. The summed E-state index contributed by atoms with van der Waals surface area (Å²) in [6.07, 6.45) is 2.66. The molecule has 0 unspecified atom stereocenters. The minimum absolute atomic E-state index is 0.263.